The number of ether oxygens (including phenoxy) is 2. The molecular formula is C10H18BrNO2. The van der Waals surface area contributed by atoms with Crippen molar-refractivity contribution in [3.8, 4) is 0 Å². The van der Waals surface area contributed by atoms with E-state index in [0.717, 1.165) is 44.2 Å². The van der Waals surface area contributed by atoms with Crippen LogP contribution in [0.5, 0.6) is 0 Å². The Morgan fingerprint density at radius 3 is 3.00 bits per heavy atom. The lowest BCUT2D eigenvalue weighted by molar-refractivity contribution is -0.0203. The average molecular weight is 264 g/mol. The van der Waals surface area contributed by atoms with Gasteiger partial charge in [-0.15, -0.1) is 0 Å². The molecule has 0 radical (unpaired) electrons. The van der Waals surface area contributed by atoms with E-state index in [0.29, 0.717) is 6.10 Å². The van der Waals surface area contributed by atoms with E-state index in [4.69, 9.17) is 9.47 Å². The maximum Gasteiger partial charge on any atom is 0.0799 e. The second kappa shape index (κ2) is 5.45. The number of alkyl halides is 1. The second-order valence-corrected chi connectivity index (χ2v) is 4.78. The minimum Gasteiger partial charge on any atom is -0.381 e. The van der Waals surface area contributed by atoms with Gasteiger partial charge in [-0.25, -0.2) is 0 Å². The van der Waals surface area contributed by atoms with E-state index in [1.54, 1.807) is 0 Å². The molecule has 0 aliphatic carbocycles. The van der Waals surface area contributed by atoms with Crippen LogP contribution < -0.4 is 0 Å². The lowest BCUT2D eigenvalue weighted by Crippen LogP contribution is -2.45. The van der Waals surface area contributed by atoms with Gasteiger partial charge < -0.3 is 9.47 Å². The molecule has 2 heterocycles. The van der Waals surface area contributed by atoms with E-state index in [-0.39, 0.29) is 0 Å². The van der Waals surface area contributed by atoms with Crippen LogP contribution in [0.1, 0.15) is 6.42 Å². The summed E-state index contributed by atoms with van der Waals surface area (Å²) in [5, 5.41) is 0.949. The second-order valence-electron chi connectivity index (χ2n) is 4.14. The lowest BCUT2D eigenvalue weighted by atomic mass is 10.1. The smallest absolute Gasteiger partial charge is 0.0799 e. The van der Waals surface area contributed by atoms with Crippen LogP contribution in [0.3, 0.4) is 0 Å². The molecule has 0 spiro atoms. The van der Waals surface area contributed by atoms with Gasteiger partial charge >= 0.3 is 0 Å². The summed E-state index contributed by atoms with van der Waals surface area (Å²) in [6.45, 7) is 6.13. The summed E-state index contributed by atoms with van der Waals surface area (Å²) in [7, 11) is 0. The largest absolute Gasteiger partial charge is 0.381 e. The molecule has 2 unspecified atom stereocenters. The van der Waals surface area contributed by atoms with Gasteiger partial charge in [0.05, 0.1) is 19.3 Å². The van der Waals surface area contributed by atoms with Gasteiger partial charge in [0.15, 0.2) is 0 Å². The fourth-order valence-corrected chi connectivity index (χ4v) is 2.52. The zero-order valence-corrected chi connectivity index (χ0v) is 10.0. The van der Waals surface area contributed by atoms with Crippen LogP contribution in [0.4, 0.5) is 0 Å². The summed E-state index contributed by atoms with van der Waals surface area (Å²) in [6, 6.07) is 0. The van der Waals surface area contributed by atoms with Gasteiger partial charge in [0.1, 0.15) is 0 Å². The lowest BCUT2D eigenvalue weighted by Gasteiger charge is -2.33. The van der Waals surface area contributed by atoms with Crippen molar-refractivity contribution in [2.45, 2.75) is 12.5 Å². The first-order chi connectivity index (χ1) is 6.88. The first kappa shape index (κ1) is 10.9. The third kappa shape index (κ3) is 2.92. The molecule has 0 bridgehead atoms. The molecule has 14 heavy (non-hydrogen) atoms. The van der Waals surface area contributed by atoms with E-state index in [1.807, 2.05) is 0 Å². The Balaban J connectivity index is 1.73. The Morgan fingerprint density at radius 1 is 1.36 bits per heavy atom. The highest BCUT2D eigenvalue weighted by Crippen LogP contribution is 2.16. The Kier molecular flexibility index (Phi) is 4.23. The molecule has 2 fully saturated rings. The van der Waals surface area contributed by atoms with E-state index in [9.17, 15) is 0 Å². The van der Waals surface area contributed by atoms with Crippen LogP contribution in [0.2, 0.25) is 0 Å². The molecule has 0 aromatic heterocycles. The van der Waals surface area contributed by atoms with Crippen molar-refractivity contribution in [1.82, 2.24) is 4.90 Å². The molecule has 0 saturated carbocycles. The third-order valence-corrected chi connectivity index (χ3v) is 3.66. The highest BCUT2D eigenvalue weighted by Gasteiger charge is 2.24. The standard InChI is InChI=1S/C10H18BrNO2/c11-5-10-7-12(2-4-14-10)6-9-1-3-13-8-9/h9-10H,1-8H2. The molecule has 0 amide bonds. The van der Waals surface area contributed by atoms with Gasteiger partial charge in [0.25, 0.3) is 0 Å². The number of rotatable bonds is 3. The maximum absolute atomic E-state index is 5.60. The van der Waals surface area contributed by atoms with Crippen LogP contribution in [-0.4, -0.2) is 55.8 Å². The summed E-state index contributed by atoms with van der Waals surface area (Å²) >= 11 is 3.47. The zero-order chi connectivity index (χ0) is 9.80. The number of hydrogen-bond donors (Lipinski definition) is 0. The summed E-state index contributed by atoms with van der Waals surface area (Å²) < 4.78 is 11.0. The highest BCUT2D eigenvalue weighted by molar-refractivity contribution is 9.09. The quantitative estimate of drug-likeness (QED) is 0.713. The minimum atomic E-state index is 0.381. The minimum absolute atomic E-state index is 0.381. The summed E-state index contributed by atoms with van der Waals surface area (Å²) in [5.41, 5.74) is 0. The van der Waals surface area contributed by atoms with Gasteiger partial charge in [-0.2, -0.15) is 0 Å². The molecule has 2 aliphatic rings. The number of nitrogens with zero attached hydrogens (tertiary/aromatic N) is 1. The Hall–Kier alpha value is 0.360. The van der Waals surface area contributed by atoms with Crippen LogP contribution in [0.25, 0.3) is 0 Å². The van der Waals surface area contributed by atoms with Crippen molar-refractivity contribution in [1.29, 1.82) is 0 Å². The van der Waals surface area contributed by atoms with E-state index in [2.05, 4.69) is 20.8 Å². The van der Waals surface area contributed by atoms with E-state index in [1.165, 1.54) is 13.0 Å². The molecule has 2 saturated heterocycles. The third-order valence-electron chi connectivity index (χ3n) is 2.94. The van der Waals surface area contributed by atoms with Crippen molar-refractivity contribution in [2.75, 3.05) is 44.8 Å². The van der Waals surface area contributed by atoms with Gasteiger partial charge in [-0.05, 0) is 12.3 Å². The molecule has 2 atom stereocenters. The number of hydrogen-bond acceptors (Lipinski definition) is 3. The Labute approximate surface area is 93.9 Å². The van der Waals surface area contributed by atoms with Gasteiger partial charge in [-0.3, -0.25) is 4.90 Å². The molecular weight excluding hydrogens is 246 g/mol. The van der Waals surface area contributed by atoms with Crippen molar-refractivity contribution >= 4 is 15.9 Å². The van der Waals surface area contributed by atoms with E-state index >= 15 is 0 Å². The molecule has 2 aliphatic heterocycles. The predicted molar refractivity (Wildman–Crippen MR) is 58.9 cm³/mol. The molecule has 0 aromatic carbocycles. The van der Waals surface area contributed by atoms with Gasteiger partial charge in [0.2, 0.25) is 0 Å². The molecule has 3 nitrogen and oxygen atoms in total. The zero-order valence-electron chi connectivity index (χ0n) is 8.45. The fraction of sp³-hybridized carbons (Fsp3) is 1.00. The number of halogens is 1. The summed E-state index contributed by atoms with van der Waals surface area (Å²) in [6.07, 6.45) is 1.61. The Morgan fingerprint density at radius 2 is 2.29 bits per heavy atom. The summed E-state index contributed by atoms with van der Waals surface area (Å²) in [4.78, 5) is 2.51. The molecule has 2 rings (SSSR count). The first-order valence-electron chi connectivity index (χ1n) is 5.36. The molecule has 4 heteroatoms. The van der Waals surface area contributed by atoms with Crippen molar-refractivity contribution < 1.29 is 9.47 Å². The summed E-state index contributed by atoms with van der Waals surface area (Å²) in [5.74, 6) is 0.754. The van der Waals surface area contributed by atoms with Crippen LogP contribution in [0.15, 0.2) is 0 Å². The normalized spacial score (nSPS) is 34.9. The predicted octanol–water partition coefficient (Wildman–Crippen LogP) is 1.12. The number of morpholine rings is 1. The van der Waals surface area contributed by atoms with Crippen LogP contribution in [-0.2, 0) is 9.47 Å². The van der Waals surface area contributed by atoms with Crippen LogP contribution >= 0.6 is 15.9 Å². The van der Waals surface area contributed by atoms with Crippen molar-refractivity contribution in [3.63, 3.8) is 0 Å². The van der Waals surface area contributed by atoms with Crippen molar-refractivity contribution in [2.24, 2.45) is 5.92 Å². The Bertz CT molecular complexity index is 174. The fourth-order valence-electron chi connectivity index (χ4n) is 2.13. The first-order valence-corrected chi connectivity index (χ1v) is 6.48. The maximum atomic E-state index is 5.60. The molecule has 82 valence electrons. The monoisotopic (exact) mass is 263 g/mol. The van der Waals surface area contributed by atoms with Crippen LogP contribution in [0, 0.1) is 5.92 Å². The van der Waals surface area contributed by atoms with Gasteiger partial charge in [-0.1, -0.05) is 15.9 Å². The average Bonchev–Trinajstić information content (AvgIpc) is 2.71. The topological polar surface area (TPSA) is 21.7 Å². The SMILES string of the molecule is BrCC1CN(CC2CCOC2)CCO1. The van der Waals surface area contributed by atoms with Gasteiger partial charge in [0, 0.05) is 31.6 Å². The van der Waals surface area contributed by atoms with Crippen molar-refractivity contribution in [3.05, 3.63) is 0 Å². The molecule has 0 N–H and O–H groups in total. The molecule has 0 aromatic rings. The van der Waals surface area contributed by atoms with E-state index < -0.39 is 0 Å². The highest BCUT2D eigenvalue weighted by atomic mass is 79.9.